The predicted octanol–water partition coefficient (Wildman–Crippen LogP) is 0.744. The summed E-state index contributed by atoms with van der Waals surface area (Å²) in [4.78, 5) is 22.2. The highest BCUT2D eigenvalue weighted by atomic mass is 16.4. The summed E-state index contributed by atoms with van der Waals surface area (Å²) in [6.07, 6.45) is 1.52. The van der Waals surface area contributed by atoms with Gasteiger partial charge in [0.2, 0.25) is 5.91 Å². The van der Waals surface area contributed by atoms with Crippen molar-refractivity contribution < 1.29 is 14.7 Å². The van der Waals surface area contributed by atoms with E-state index in [1.54, 1.807) is 0 Å². The van der Waals surface area contributed by atoms with Crippen LogP contribution in [0.25, 0.3) is 0 Å². The third-order valence-corrected chi connectivity index (χ3v) is 2.12. The van der Waals surface area contributed by atoms with Crippen molar-refractivity contribution in [3.63, 3.8) is 0 Å². The van der Waals surface area contributed by atoms with E-state index in [-0.39, 0.29) is 5.91 Å². The molecular weight excluding hydrogens is 208 g/mol. The number of hydrogen-bond acceptors (Lipinski definition) is 3. The molecule has 5 nitrogen and oxygen atoms in total. The molecule has 0 aromatic carbocycles. The molecule has 0 aromatic heterocycles. The van der Waals surface area contributed by atoms with Gasteiger partial charge in [-0.3, -0.25) is 4.79 Å². The Morgan fingerprint density at radius 1 is 1.31 bits per heavy atom. The van der Waals surface area contributed by atoms with Crippen LogP contribution < -0.4 is 10.6 Å². The first kappa shape index (κ1) is 14.9. The molecule has 1 atom stereocenters. The number of carbonyl (C=O) groups excluding carboxylic acids is 1. The van der Waals surface area contributed by atoms with E-state index in [0.717, 1.165) is 6.42 Å². The molecule has 0 fully saturated rings. The van der Waals surface area contributed by atoms with Gasteiger partial charge in [-0.15, -0.1) is 0 Å². The lowest BCUT2D eigenvalue weighted by atomic mass is 10.1. The van der Waals surface area contributed by atoms with Crippen molar-refractivity contribution in [2.24, 2.45) is 0 Å². The molecule has 16 heavy (non-hydrogen) atoms. The fraction of sp³-hybridized carbons (Fsp3) is 0.818. The number of carbonyl (C=O) groups is 2. The van der Waals surface area contributed by atoms with Gasteiger partial charge in [-0.25, -0.2) is 4.79 Å². The van der Waals surface area contributed by atoms with Crippen molar-refractivity contribution in [2.75, 3.05) is 6.54 Å². The summed E-state index contributed by atoms with van der Waals surface area (Å²) >= 11 is 0. The average Bonchev–Trinajstić information content (AvgIpc) is 2.16. The molecule has 0 aliphatic carbocycles. The molecule has 0 rings (SSSR count). The highest BCUT2D eigenvalue weighted by Gasteiger charge is 2.18. The smallest absolute Gasteiger partial charge is 0.326 e. The topological polar surface area (TPSA) is 78.4 Å². The van der Waals surface area contributed by atoms with E-state index in [0.29, 0.717) is 25.4 Å². The van der Waals surface area contributed by atoms with E-state index < -0.39 is 12.0 Å². The molecule has 0 aromatic rings. The van der Waals surface area contributed by atoms with Crippen LogP contribution in [0.1, 0.15) is 40.0 Å². The maximum absolute atomic E-state index is 11.4. The molecule has 0 saturated heterocycles. The number of carboxylic acids is 1. The number of hydrogen-bond donors (Lipinski definition) is 3. The van der Waals surface area contributed by atoms with Gasteiger partial charge < -0.3 is 15.7 Å². The second kappa shape index (κ2) is 8.10. The minimum atomic E-state index is -0.966. The summed E-state index contributed by atoms with van der Waals surface area (Å²) < 4.78 is 0. The summed E-state index contributed by atoms with van der Waals surface area (Å²) in [6, 6.07) is -0.421. The molecule has 3 N–H and O–H groups in total. The molecule has 0 aliphatic rings. The van der Waals surface area contributed by atoms with Crippen LogP contribution in [0.4, 0.5) is 0 Å². The summed E-state index contributed by atoms with van der Waals surface area (Å²) in [5.41, 5.74) is 0. The normalized spacial score (nSPS) is 12.5. The Morgan fingerprint density at radius 3 is 2.38 bits per heavy atom. The number of nitrogens with one attached hydrogen (secondary N) is 2. The van der Waals surface area contributed by atoms with Crippen LogP contribution in [0.15, 0.2) is 0 Å². The van der Waals surface area contributed by atoms with Crippen LogP contribution in [-0.4, -0.2) is 35.6 Å². The minimum absolute atomic E-state index is 0.214. The van der Waals surface area contributed by atoms with Crippen molar-refractivity contribution in [3.05, 3.63) is 0 Å². The van der Waals surface area contributed by atoms with Crippen LogP contribution >= 0.6 is 0 Å². The summed E-state index contributed by atoms with van der Waals surface area (Å²) in [5.74, 6) is -1.18. The molecule has 0 unspecified atom stereocenters. The fourth-order valence-corrected chi connectivity index (χ4v) is 1.29. The lowest BCUT2D eigenvalue weighted by Gasteiger charge is -2.14. The van der Waals surface area contributed by atoms with Gasteiger partial charge in [-0.2, -0.15) is 0 Å². The van der Waals surface area contributed by atoms with E-state index in [2.05, 4.69) is 10.6 Å². The van der Waals surface area contributed by atoms with Crippen LogP contribution in [-0.2, 0) is 9.59 Å². The quantitative estimate of drug-likeness (QED) is 0.575. The minimum Gasteiger partial charge on any atom is -0.480 e. The van der Waals surface area contributed by atoms with Gasteiger partial charge in [0.05, 0.1) is 0 Å². The lowest BCUT2D eigenvalue weighted by Crippen LogP contribution is -2.41. The van der Waals surface area contributed by atoms with Crippen LogP contribution in [0.5, 0.6) is 0 Å². The maximum atomic E-state index is 11.4. The number of aliphatic carboxylic acids is 1. The van der Waals surface area contributed by atoms with Crippen molar-refractivity contribution in [3.8, 4) is 0 Å². The number of amides is 1. The predicted molar refractivity (Wildman–Crippen MR) is 62.2 cm³/mol. The van der Waals surface area contributed by atoms with Gasteiger partial charge in [0, 0.05) is 19.0 Å². The zero-order valence-electron chi connectivity index (χ0n) is 10.2. The Kier molecular flexibility index (Phi) is 7.54. The standard InChI is InChI=1S/C11H22N2O3/c1-4-5-9(11(15)16)13-10(14)6-7-12-8(2)3/h8-9,12H,4-7H2,1-3H3,(H,13,14)(H,15,16)/t9-/m1/s1. The monoisotopic (exact) mass is 230 g/mol. The Balaban J connectivity index is 3.86. The Morgan fingerprint density at radius 2 is 1.94 bits per heavy atom. The zero-order valence-corrected chi connectivity index (χ0v) is 10.2. The van der Waals surface area contributed by atoms with Crippen LogP contribution in [0.3, 0.4) is 0 Å². The Hall–Kier alpha value is -1.10. The zero-order chi connectivity index (χ0) is 12.6. The van der Waals surface area contributed by atoms with Crippen molar-refractivity contribution in [1.82, 2.24) is 10.6 Å². The summed E-state index contributed by atoms with van der Waals surface area (Å²) in [7, 11) is 0. The average molecular weight is 230 g/mol. The first-order chi connectivity index (χ1) is 7.47. The highest BCUT2D eigenvalue weighted by molar-refractivity contribution is 5.83. The largest absolute Gasteiger partial charge is 0.480 e. The molecule has 0 saturated carbocycles. The third-order valence-electron chi connectivity index (χ3n) is 2.12. The highest BCUT2D eigenvalue weighted by Crippen LogP contribution is 1.97. The summed E-state index contributed by atoms with van der Waals surface area (Å²) in [6.45, 7) is 6.45. The molecule has 0 aliphatic heterocycles. The Bertz CT molecular complexity index is 229. The van der Waals surface area contributed by atoms with Gasteiger partial charge in [-0.05, 0) is 6.42 Å². The molecule has 94 valence electrons. The maximum Gasteiger partial charge on any atom is 0.326 e. The first-order valence-corrected chi connectivity index (χ1v) is 5.73. The summed E-state index contributed by atoms with van der Waals surface area (Å²) in [5, 5.41) is 14.5. The second-order valence-corrected chi connectivity index (χ2v) is 4.11. The van der Waals surface area contributed by atoms with E-state index in [4.69, 9.17) is 5.11 Å². The lowest BCUT2D eigenvalue weighted by molar-refractivity contribution is -0.142. The molecule has 0 spiro atoms. The van der Waals surface area contributed by atoms with E-state index in [1.807, 2.05) is 20.8 Å². The van der Waals surface area contributed by atoms with Gasteiger partial charge >= 0.3 is 5.97 Å². The van der Waals surface area contributed by atoms with Crippen molar-refractivity contribution >= 4 is 11.9 Å². The van der Waals surface area contributed by atoms with Gasteiger partial charge in [0.15, 0.2) is 0 Å². The molecule has 5 heteroatoms. The molecule has 1 amide bonds. The fourth-order valence-electron chi connectivity index (χ4n) is 1.29. The third kappa shape index (κ3) is 7.23. The van der Waals surface area contributed by atoms with E-state index in [1.165, 1.54) is 0 Å². The van der Waals surface area contributed by atoms with Crippen molar-refractivity contribution in [1.29, 1.82) is 0 Å². The SMILES string of the molecule is CCC[C@@H](NC(=O)CCNC(C)C)C(=O)O. The first-order valence-electron chi connectivity index (χ1n) is 5.73. The second-order valence-electron chi connectivity index (χ2n) is 4.11. The number of rotatable bonds is 8. The van der Waals surface area contributed by atoms with E-state index >= 15 is 0 Å². The molecular formula is C11H22N2O3. The van der Waals surface area contributed by atoms with E-state index in [9.17, 15) is 9.59 Å². The molecule has 0 bridgehead atoms. The number of carboxylic acid groups (broad SMARTS) is 1. The molecule has 0 radical (unpaired) electrons. The van der Waals surface area contributed by atoms with Crippen LogP contribution in [0.2, 0.25) is 0 Å². The van der Waals surface area contributed by atoms with Crippen molar-refractivity contribution in [2.45, 2.75) is 52.1 Å². The van der Waals surface area contributed by atoms with Gasteiger partial charge in [0.1, 0.15) is 6.04 Å². The Labute approximate surface area is 96.6 Å². The molecule has 0 heterocycles. The van der Waals surface area contributed by atoms with Crippen LogP contribution in [0, 0.1) is 0 Å². The van der Waals surface area contributed by atoms with Gasteiger partial charge in [0.25, 0.3) is 0 Å². The van der Waals surface area contributed by atoms with Gasteiger partial charge in [-0.1, -0.05) is 27.2 Å².